The molecule has 3 nitrogen and oxygen atoms in total. The van der Waals surface area contributed by atoms with Crippen molar-refractivity contribution in [2.45, 2.75) is 70.4 Å². The maximum atomic E-state index is 10.7. The van der Waals surface area contributed by atoms with Crippen molar-refractivity contribution in [2.75, 3.05) is 26.2 Å². The van der Waals surface area contributed by atoms with Gasteiger partial charge in [-0.25, -0.2) is 0 Å². The fraction of sp³-hybridized carbons (Fsp3) is 1.00. The van der Waals surface area contributed by atoms with E-state index in [1.807, 2.05) is 0 Å². The van der Waals surface area contributed by atoms with Crippen LogP contribution in [0.4, 0.5) is 0 Å². The van der Waals surface area contributed by atoms with E-state index in [-0.39, 0.29) is 5.60 Å². The van der Waals surface area contributed by atoms with Crippen molar-refractivity contribution in [2.24, 2.45) is 5.92 Å². The van der Waals surface area contributed by atoms with E-state index in [4.69, 9.17) is 0 Å². The molecule has 0 radical (unpaired) electrons. The van der Waals surface area contributed by atoms with Crippen LogP contribution in [-0.2, 0) is 0 Å². The lowest BCUT2D eigenvalue weighted by atomic mass is 9.84. The van der Waals surface area contributed by atoms with Crippen LogP contribution in [0.15, 0.2) is 0 Å². The highest BCUT2D eigenvalue weighted by Crippen LogP contribution is 2.30. The topological polar surface area (TPSA) is 35.5 Å². The number of nitrogens with one attached hydrogen (secondary N) is 1. The first-order valence-electron chi connectivity index (χ1n) is 8.25. The standard InChI is InChI=1S/C16H32N2O/c1-14(2)17-11-15-7-6-10-18(12-15)13-16(19)8-4-3-5-9-16/h14-15,17,19H,3-13H2,1-2H3. The fourth-order valence-electron chi connectivity index (χ4n) is 3.65. The van der Waals surface area contributed by atoms with Crippen molar-refractivity contribution in [1.82, 2.24) is 10.2 Å². The molecular formula is C16H32N2O. The number of hydrogen-bond acceptors (Lipinski definition) is 3. The van der Waals surface area contributed by atoms with Gasteiger partial charge in [0, 0.05) is 19.1 Å². The number of piperidine rings is 1. The van der Waals surface area contributed by atoms with Crippen LogP contribution >= 0.6 is 0 Å². The van der Waals surface area contributed by atoms with E-state index in [2.05, 4.69) is 24.1 Å². The summed E-state index contributed by atoms with van der Waals surface area (Å²) in [5.41, 5.74) is -0.383. The quantitative estimate of drug-likeness (QED) is 0.803. The molecule has 2 aliphatic rings. The largest absolute Gasteiger partial charge is 0.389 e. The monoisotopic (exact) mass is 268 g/mol. The van der Waals surface area contributed by atoms with Crippen LogP contribution in [0.25, 0.3) is 0 Å². The number of β-amino-alcohol motifs (C(OH)–C–C–N with tert-alkyl or cyclic N) is 1. The molecular weight excluding hydrogens is 236 g/mol. The molecule has 0 aromatic rings. The summed E-state index contributed by atoms with van der Waals surface area (Å²) in [7, 11) is 0. The van der Waals surface area contributed by atoms with Gasteiger partial charge in [-0.15, -0.1) is 0 Å². The van der Waals surface area contributed by atoms with Gasteiger partial charge in [-0.3, -0.25) is 0 Å². The summed E-state index contributed by atoms with van der Waals surface area (Å²) in [6.07, 6.45) is 8.39. The Balaban J connectivity index is 1.77. The smallest absolute Gasteiger partial charge is 0.0774 e. The van der Waals surface area contributed by atoms with Crippen LogP contribution < -0.4 is 5.32 Å². The minimum absolute atomic E-state index is 0.383. The maximum absolute atomic E-state index is 10.7. The normalized spacial score (nSPS) is 28.7. The molecule has 2 rings (SSSR count). The van der Waals surface area contributed by atoms with Crippen LogP contribution in [0.3, 0.4) is 0 Å². The Morgan fingerprint density at radius 3 is 2.63 bits per heavy atom. The predicted molar refractivity (Wildman–Crippen MR) is 80.3 cm³/mol. The van der Waals surface area contributed by atoms with Crippen molar-refractivity contribution in [1.29, 1.82) is 0 Å². The maximum Gasteiger partial charge on any atom is 0.0774 e. The molecule has 3 heteroatoms. The van der Waals surface area contributed by atoms with Gasteiger partial charge in [-0.1, -0.05) is 33.1 Å². The van der Waals surface area contributed by atoms with Crippen molar-refractivity contribution in [3.8, 4) is 0 Å². The minimum Gasteiger partial charge on any atom is -0.389 e. The fourth-order valence-corrected chi connectivity index (χ4v) is 3.65. The molecule has 1 heterocycles. The van der Waals surface area contributed by atoms with Gasteiger partial charge in [-0.2, -0.15) is 0 Å². The highest BCUT2D eigenvalue weighted by molar-refractivity contribution is 4.87. The summed E-state index contributed by atoms with van der Waals surface area (Å²) in [4.78, 5) is 2.52. The lowest BCUT2D eigenvalue weighted by Crippen LogP contribution is -2.49. The van der Waals surface area contributed by atoms with E-state index < -0.39 is 0 Å². The molecule has 0 amide bonds. The SMILES string of the molecule is CC(C)NCC1CCCN(CC2(O)CCCCC2)C1. The van der Waals surface area contributed by atoms with Gasteiger partial charge < -0.3 is 15.3 Å². The van der Waals surface area contributed by atoms with E-state index in [1.165, 1.54) is 45.2 Å². The lowest BCUT2D eigenvalue weighted by Gasteiger charge is -2.40. The highest BCUT2D eigenvalue weighted by atomic mass is 16.3. The molecule has 1 aliphatic carbocycles. The van der Waals surface area contributed by atoms with Crippen LogP contribution in [0.5, 0.6) is 0 Å². The van der Waals surface area contributed by atoms with Gasteiger partial charge >= 0.3 is 0 Å². The summed E-state index contributed by atoms with van der Waals surface area (Å²) >= 11 is 0. The number of rotatable bonds is 5. The molecule has 2 fully saturated rings. The summed E-state index contributed by atoms with van der Waals surface area (Å²) < 4.78 is 0. The van der Waals surface area contributed by atoms with Gasteiger partial charge in [0.2, 0.25) is 0 Å². The van der Waals surface area contributed by atoms with Crippen molar-refractivity contribution in [3.05, 3.63) is 0 Å². The van der Waals surface area contributed by atoms with Gasteiger partial charge in [-0.05, 0) is 44.7 Å². The first-order chi connectivity index (χ1) is 9.07. The van der Waals surface area contributed by atoms with Gasteiger partial charge in [0.1, 0.15) is 0 Å². The molecule has 0 bridgehead atoms. The molecule has 112 valence electrons. The average molecular weight is 268 g/mol. The van der Waals surface area contributed by atoms with Crippen molar-refractivity contribution in [3.63, 3.8) is 0 Å². The Hall–Kier alpha value is -0.120. The van der Waals surface area contributed by atoms with E-state index in [9.17, 15) is 5.11 Å². The average Bonchev–Trinajstić information content (AvgIpc) is 2.37. The third-order valence-electron chi connectivity index (χ3n) is 4.72. The molecule has 0 spiro atoms. The zero-order valence-electron chi connectivity index (χ0n) is 12.8. The molecule has 2 N–H and O–H groups in total. The Morgan fingerprint density at radius 2 is 1.95 bits per heavy atom. The van der Waals surface area contributed by atoms with Gasteiger partial charge in [0.05, 0.1) is 5.60 Å². The third kappa shape index (κ3) is 5.05. The lowest BCUT2D eigenvalue weighted by molar-refractivity contribution is -0.0343. The summed E-state index contributed by atoms with van der Waals surface area (Å²) in [6, 6.07) is 0.581. The van der Waals surface area contributed by atoms with Crippen LogP contribution in [0.1, 0.15) is 58.8 Å². The number of aliphatic hydroxyl groups is 1. The van der Waals surface area contributed by atoms with Crippen LogP contribution in [0.2, 0.25) is 0 Å². The van der Waals surface area contributed by atoms with E-state index in [0.717, 1.165) is 31.8 Å². The molecule has 1 aliphatic heterocycles. The first kappa shape index (κ1) is 15.3. The van der Waals surface area contributed by atoms with Gasteiger partial charge in [0.25, 0.3) is 0 Å². The second-order valence-corrected chi connectivity index (χ2v) is 7.09. The van der Waals surface area contributed by atoms with Gasteiger partial charge in [0.15, 0.2) is 0 Å². The van der Waals surface area contributed by atoms with E-state index >= 15 is 0 Å². The van der Waals surface area contributed by atoms with E-state index in [1.54, 1.807) is 0 Å². The summed E-state index contributed by atoms with van der Waals surface area (Å²) in [5, 5.41) is 14.2. The second-order valence-electron chi connectivity index (χ2n) is 7.09. The van der Waals surface area contributed by atoms with Crippen molar-refractivity contribution < 1.29 is 5.11 Å². The van der Waals surface area contributed by atoms with Crippen molar-refractivity contribution >= 4 is 0 Å². The summed E-state index contributed by atoms with van der Waals surface area (Å²) in [5.74, 6) is 0.767. The molecule has 19 heavy (non-hydrogen) atoms. The van der Waals surface area contributed by atoms with Crippen LogP contribution in [0, 0.1) is 5.92 Å². The first-order valence-corrected chi connectivity index (χ1v) is 8.25. The Kier molecular flexibility index (Phi) is 5.67. The Bertz CT molecular complexity index is 261. The zero-order chi connectivity index (χ0) is 13.7. The minimum atomic E-state index is -0.383. The predicted octanol–water partition coefficient (Wildman–Crippen LogP) is 2.39. The molecule has 1 atom stereocenters. The number of nitrogens with zero attached hydrogens (tertiary/aromatic N) is 1. The summed E-state index contributed by atoms with van der Waals surface area (Å²) in [6.45, 7) is 8.82. The molecule has 0 aromatic heterocycles. The second kappa shape index (κ2) is 7.05. The van der Waals surface area contributed by atoms with Crippen LogP contribution in [-0.4, -0.2) is 47.8 Å². The molecule has 0 aromatic carbocycles. The molecule has 1 saturated heterocycles. The Morgan fingerprint density at radius 1 is 1.21 bits per heavy atom. The number of hydrogen-bond donors (Lipinski definition) is 2. The van der Waals surface area contributed by atoms with E-state index in [0.29, 0.717) is 6.04 Å². The molecule has 1 saturated carbocycles. The zero-order valence-corrected chi connectivity index (χ0v) is 12.8. The third-order valence-corrected chi connectivity index (χ3v) is 4.72. The Labute approximate surface area is 118 Å². The number of likely N-dealkylation sites (tertiary alicyclic amines) is 1. The highest BCUT2D eigenvalue weighted by Gasteiger charge is 2.32. The molecule has 1 unspecified atom stereocenters.